The summed E-state index contributed by atoms with van der Waals surface area (Å²) < 4.78 is 18.8. The van der Waals surface area contributed by atoms with Crippen LogP contribution < -0.4 is 10.1 Å². The molecular formula is C16H23ClFNO. The summed E-state index contributed by atoms with van der Waals surface area (Å²) in [6, 6.07) is 5.00. The predicted octanol–water partition coefficient (Wildman–Crippen LogP) is 3.97. The van der Waals surface area contributed by atoms with E-state index in [-0.39, 0.29) is 5.82 Å². The average molecular weight is 300 g/mol. The van der Waals surface area contributed by atoms with Crippen molar-refractivity contribution in [3.8, 4) is 5.75 Å². The number of benzene rings is 1. The third-order valence-corrected chi connectivity index (χ3v) is 4.64. The van der Waals surface area contributed by atoms with Crippen LogP contribution in [0.1, 0.15) is 31.2 Å². The molecule has 0 aromatic heterocycles. The molecule has 0 heterocycles. The molecular weight excluding hydrogens is 277 g/mol. The van der Waals surface area contributed by atoms with Crippen molar-refractivity contribution in [3.63, 3.8) is 0 Å². The van der Waals surface area contributed by atoms with Crippen molar-refractivity contribution in [2.75, 3.05) is 19.5 Å². The Labute approximate surface area is 125 Å². The van der Waals surface area contributed by atoms with E-state index in [4.69, 9.17) is 16.3 Å². The lowest BCUT2D eigenvalue weighted by atomic mass is 9.80. The van der Waals surface area contributed by atoms with Gasteiger partial charge in [-0.25, -0.2) is 4.39 Å². The van der Waals surface area contributed by atoms with Gasteiger partial charge in [-0.05, 0) is 37.3 Å². The zero-order chi connectivity index (χ0) is 14.4. The molecule has 1 aromatic carbocycles. The van der Waals surface area contributed by atoms with Gasteiger partial charge in [0.05, 0.1) is 7.11 Å². The van der Waals surface area contributed by atoms with Crippen LogP contribution in [-0.4, -0.2) is 19.5 Å². The standard InChI is InChI=1S/C16H23ClFNO/c1-20-15-7-6-14(16(18)8-15)11-19-10-13-5-3-2-4-12(13)9-17/h6-8,12-13,19H,2-5,9-11H2,1H3. The largest absolute Gasteiger partial charge is 0.497 e. The van der Waals surface area contributed by atoms with E-state index < -0.39 is 0 Å². The van der Waals surface area contributed by atoms with Gasteiger partial charge < -0.3 is 10.1 Å². The molecule has 1 aliphatic rings. The topological polar surface area (TPSA) is 21.3 Å². The molecule has 2 nitrogen and oxygen atoms in total. The Bertz CT molecular complexity index is 427. The van der Waals surface area contributed by atoms with Crippen molar-refractivity contribution in [1.29, 1.82) is 0 Å². The van der Waals surface area contributed by atoms with Gasteiger partial charge in [0.25, 0.3) is 0 Å². The minimum absolute atomic E-state index is 0.214. The number of methoxy groups -OCH3 is 1. The smallest absolute Gasteiger partial charge is 0.131 e. The van der Waals surface area contributed by atoms with E-state index in [1.165, 1.54) is 31.7 Å². The van der Waals surface area contributed by atoms with E-state index in [2.05, 4.69) is 5.32 Å². The van der Waals surface area contributed by atoms with Crippen LogP contribution in [-0.2, 0) is 6.54 Å². The first-order valence-electron chi connectivity index (χ1n) is 7.33. The number of ether oxygens (including phenoxy) is 1. The maximum Gasteiger partial charge on any atom is 0.131 e. The van der Waals surface area contributed by atoms with Gasteiger partial charge in [0.2, 0.25) is 0 Å². The molecule has 20 heavy (non-hydrogen) atoms. The number of rotatable bonds is 6. The van der Waals surface area contributed by atoms with Gasteiger partial charge in [0.1, 0.15) is 11.6 Å². The van der Waals surface area contributed by atoms with Crippen molar-refractivity contribution in [2.45, 2.75) is 32.2 Å². The summed E-state index contributed by atoms with van der Waals surface area (Å²) in [5.41, 5.74) is 0.684. The van der Waals surface area contributed by atoms with Gasteiger partial charge in [-0.15, -0.1) is 11.6 Å². The van der Waals surface area contributed by atoms with Gasteiger partial charge in [0, 0.05) is 24.1 Å². The lowest BCUT2D eigenvalue weighted by molar-refractivity contribution is 0.250. The fourth-order valence-electron chi connectivity index (χ4n) is 2.95. The summed E-state index contributed by atoms with van der Waals surface area (Å²) in [6.07, 6.45) is 5.04. The summed E-state index contributed by atoms with van der Waals surface area (Å²) in [4.78, 5) is 0. The van der Waals surface area contributed by atoms with Gasteiger partial charge in [-0.3, -0.25) is 0 Å². The van der Waals surface area contributed by atoms with E-state index in [9.17, 15) is 4.39 Å². The number of hydrogen-bond donors (Lipinski definition) is 1. The number of halogens is 2. The SMILES string of the molecule is COc1ccc(CNCC2CCCCC2CCl)c(F)c1. The van der Waals surface area contributed by atoms with Crippen molar-refractivity contribution < 1.29 is 9.13 Å². The maximum absolute atomic E-state index is 13.8. The molecule has 2 unspecified atom stereocenters. The van der Waals surface area contributed by atoms with E-state index in [0.717, 1.165) is 12.4 Å². The summed E-state index contributed by atoms with van der Waals surface area (Å²) in [6.45, 7) is 1.48. The predicted molar refractivity (Wildman–Crippen MR) is 80.8 cm³/mol. The van der Waals surface area contributed by atoms with Gasteiger partial charge in [-0.2, -0.15) is 0 Å². The summed E-state index contributed by atoms with van der Waals surface area (Å²) in [5, 5.41) is 3.37. The first-order valence-corrected chi connectivity index (χ1v) is 7.87. The van der Waals surface area contributed by atoms with Gasteiger partial charge in [0.15, 0.2) is 0 Å². The molecule has 1 aliphatic carbocycles. The quantitative estimate of drug-likeness (QED) is 0.803. The van der Waals surface area contributed by atoms with Crippen LogP contribution in [0.5, 0.6) is 5.75 Å². The van der Waals surface area contributed by atoms with Crippen LogP contribution in [0.4, 0.5) is 4.39 Å². The molecule has 0 amide bonds. The number of nitrogens with one attached hydrogen (secondary N) is 1. The summed E-state index contributed by atoms with van der Waals surface area (Å²) in [7, 11) is 1.54. The average Bonchev–Trinajstić information content (AvgIpc) is 2.49. The Balaban J connectivity index is 1.83. The molecule has 2 atom stereocenters. The highest BCUT2D eigenvalue weighted by atomic mass is 35.5. The summed E-state index contributed by atoms with van der Waals surface area (Å²) in [5.74, 6) is 2.32. The van der Waals surface area contributed by atoms with Crippen molar-refractivity contribution in [3.05, 3.63) is 29.6 Å². The maximum atomic E-state index is 13.8. The monoisotopic (exact) mass is 299 g/mol. The Morgan fingerprint density at radius 1 is 1.30 bits per heavy atom. The van der Waals surface area contributed by atoms with E-state index in [1.54, 1.807) is 19.2 Å². The Morgan fingerprint density at radius 3 is 2.70 bits per heavy atom. The van der Waals surface area contributed by atoms with Crippen molar-refractivity contribution in [2.24, 2.45) is 11.8 Å². The Hall–Kier alpha value is -0.800. The van der Waals surface area contributed by atoms with Gasteiger partial charge in [-0.1, -0.05) is 18.9 Å². The molecule has 2 rings (SSSR count). The van der Waals surface area contributed by atoms with E-state index in [1.807, 2.05) is 0 Å². The normalized spacial score (nSPS) is 22.8. The second-order valence-electron chi connectivity index (χ2n) is 5.55. The van der Waals surface area contributed by atoms with Crippen molar-refractivity contribution in [1.82, 2.24) is 5.32 Å². The second kappa shape index (κ2) is 7.84. The lowest BCUT2D eigenvalue weighted by Gasteiger charge is -2.30. The Morgan fingerprint density at radius 2 is 2.05 bits per heavy atom. The number of hydrogen-bond acceptors (Lipinski definition) is 2. The molecule has 0 aliphatic heterocycles. The fourth-order valence-corrected chi connectivity index (χ4v) is 3.35. The highest BCUT2D eigenvalue weighted by Gasteiger charge is 2.23. The van der Waals surface area contributed by atoms with Crippen LogP contribution in [0.15, 0.2) is 18.2 Å². The van der Waals surface area contributed by atoms with Crippen LogP contribution in [0.25, 0.3) is 0 Å². The van der Waals surface area contributed by atoms with Crippen LogP contribution in [0.3, 0.4) is 0 Å². The van der Waals surface area contributed by atoms with Crippen LogP contribution >= 0.6 is 11.6 Å². The zero-order valence-electron chi connectivity index (χ0n) is 12.0. The second-order valence-corrected chi connectivity index (χ2v) is 5.86. The highest BCUT2D eigenvalue weighted by Crippen LogP contribution is 2.30. The van der Waals surface area contributed by atoms with E-state index >= 15 is 0 Å². The van der Waals surface area contributed by atoms with E-state index in [0.29, 0.717) is 29.7 Å². The van der Waals surface area contributed by atoms with Crippen molar-refractivity contribution >= 4 is 11.6 Å². The molecule has 4 heteroatoms. The lowest BCUT2D eigenvalue weighted by Crippen LogP contribution is -2.31. The van der Waals surface area contributed by atoms with Crippen LogP contribution in [0.2, 0.25) is 0 Å². The Kier molecular flexibility index (Phi) is 6.11. The minimum atomic E-state index is -0.214. The molecule has 0 bridgehead atoms. The fraction of sp³-hybridized carbons (Fsp3) is 0.625. The third-order valence-electron chi connectivity index (χ3n) is 4.25. The molecule has 1 aromatic rings. The first-order chi connectivity index (χ1) is 9.74. The molecule has 0 saturated heterocycles. The molecule has 1 N–H and O–H groups in total. The molecule has 1 fully saturated rings. The molecule has 112 valence electrons. The summed E-state index contributed by atoms with van der Waals surface area (Å²) >= 11 is 6.03. The third kappa shape index (κ3) is 4.10. The molecule has 1 saturated carbocycles. The minimum Gasteiger partial charge on any atom is -0.497 e. The first kappa shape index (κ1) is 15.6. The zero-order valence-corrected chi connectivity index (χ0v) is 12.8. The van der Waals surface area contributed by atoms with Gasteiger partial charge >= 0.3 is 0 Å². The number of alkyl halides is 1. The molecule has 0 spiro atoms. The highest BCUT2D eigenvalue weighted by molar-refractivity contribution is 6.18. The van der Waals surface area contributed by atoms with Crippen LogP contribution in [0, 0.1) is 17.7 Å². The molecule has 0 radical (unpaired) electrons.